The van der Waals surface area contributed by atoms with Gasteiger partial charge in [0.15, 0.2) is 0 Å². The molecule has 0 aromatic heterocycles. The van der Waals surface area contributed by atoms with Gasteiger partial charge in [0, 0.05) is 23.8 Å². The molecule has 72 valence electrons. The molecule has 4 atom stereocenters. The summed E-state index contributed by atoms with van der Waals surface area (Å²) >= 11 is 0. The van der Waals surface area contributed by atoms with Crippen molar-refractivity contribution in [3.63, 3.8) is 0 Å². The zero-order chi connectivity index (χ0) is 9.59. The number of carboxylic acid groups (broad SMARTS) is 2. The summed E-state index contributed by atoms with van der Waals surface area (Å²) in [6.07, 6.45) is 0.342. The van der Waals surface area contributed by atoms with E-state index in [9.17, 15) is 19.8 Å². The molecule has 14 heavy (non-hydrogen) atoms. The Kier molecular flexibility index (Phi) is 3.80. The van der Waals surface area contributed by atoms with Gasteiger partial charge in [-0.15, -0.1) is 0 Å². The van der Waals surface area contributed by atoms with E-state index in [0.717, 1.165) is 0 Å². The second-order valence-electron chi connectivity index (χ2n) is 3.54. The molecule has 0 bridgehead atoms. The maximum atomic E-state index is 10.6. The number of hydrogen-bond acceptors (Lipinski definition) is 5. The Labute approximate surface area is 110 Å². The first-order valence-corrected chi connectivity index (χ1v) is 4.16. The van der Waals surface area contributed by atoms with E-state index in [0.29, 0.717) is 0 Å². The number of hydrogen-bond donors (Lipinski definition) is 0. The van der Waals surface area contributed by atoms with Crippen LogP contribution < -0.4 is 10.2 Å². The summed E-state index contributed by atoms with van der Waals surface area (Å²) in [7, 11) is 0. The molecule has 1 aliphatic heterocycles. The summed E-state index contributed by atoms with van der Waals surface area (Å²) in [5.74, 6) is -4.53. The molecule has 2 rings (SSSR count). The smallest absolute Gasteiger partial charge is 0.550 e. The quantitative estimate of drug-likeness (QED) is 0.366. The molecule has 0 spiro atoms. The Morgan fingerprint density at radius 3 is 1.64 bits per heavy atom. The standard InChI is InChI=1S/C8H10O5.Ca/c9-7(10)3-1-5-6(13-5)2-4(3)8(11)12;/h3-6H,1-2H2,(H,9,10)(H,11,12);/q;+2/p-2. The van der Waals surface area contributed by atoms with E-state index in [1.165, 1.54) is 0 Å². The van der Waals surface area contributed by atoms with Crippen molar-refractivity contribution in [2.45, 2.75) is 25.0 Å². The fraction of sp³-hybridized carbons (Fsp3) is 0.750. The van der Waals surface area contributed by atoms with Crippen molar-refractivity contribution in [3.8, 4) is 0 Å². The van der Waals surface area contributed by atoms with Crippen LogP contribution in [-0.4, -0.2) is 61.9 Å². The summed E-state index contributed by atoms with van der Waals surface area (Å²) in [5.41, 5.74) is 0. The molecule has 6 heteroatoms. The Morgan fingerprint density at radius 2 is 1.36 bits per heavy atom. The number of carbonyl (C=O) groups is 2. The van der Waals surface area contributed by atoms with E-state index in [-0.39, 0.29) is 62.8 Å². The third kappa shape index (κ3) is 2.21. The van der Waals surface area contributed by atoms with E-state index in [1.807, 2.05) is 0 Å². The topological polar surface area (TPSA) is 92.8 Å². The van der Waals surface area contributed by atoms with E-state index in [4.69, 9.17) is 4.74 Å². The fourth-order valence-corrected chi connectivity index (χ4v) is 1.94. The van der Waals surface area contributed by atoms with Gasteiger partial charge in [-0.25, -0.2) is 0 Å². The molecule has 1 saturated heterocycles. The zero-order valence-electron chi connectivity index (χ0n) is 7.47. The van der Waals surface area contributed by atoms with Crippen LogP contribution in [0.25, 0.3) is 0 Å². The van der Waals surface area contributed by atoms with E-state index >= 15 is 0 Å². The van der Waals surface area contributed by atoms with Gasteiger partial charge in [-0.3, -0.25) is 0 Å². The Bertz CT molecular complexity index is 240. The molecule has 5 nitrogen and oxygen atoms in total. The monoisotopic (exact) mass is 224 g/mol. The molecule has 0 amide bonds. The van der Waals surface area contributed by atoms with Crippen LogP contribution >= 0.6 is 0 Å². The molecule has 0 aromatic carbocycles. The maximum Gasteiger partial charge on any atom is 2.00 e. The average Bonchev–Trinajstić information content (AvgIpc) is 2.78. The van der Waals surface area contributed by atoms with Gasteiger partial charge in [-0.05, 0) is 12.8 Å². The molecule has 1 saturated carbocycles. The Balaban J connectivity index is 0.000000980. The van der Waals surface area contributed by atoms with Crippen LogP contribution in [0.15, 0.2) is 0 Å². The summed E-state index contributed by atoms with van der Waals surface area (Å²) < 4.78 is 5.06. The van der Waals surface area contributed by atoms with E-state index in [1.54, 1.807) is 0 Å². The average molecular weight is 224 g/mol. The first-order chi connectivity index (χ1) is 6.09. The van der Waals surface area contributed by atoms with Crippen molar-refractivity contribution < 1.29 is 24.5 Å². The van der Waals surface area contributed by atoms with E-state index in [2.05, 4.69) is 0 Å². The van der Waals surface area contributed by atoms with Crippen LogP contribution in [0.3, 0.4) is 0 Å². The van der Waals surface area contributed by atoms with Gasteiger partial charge in [-0.1, -0.05) is 0 Å². The van der Waals surface area contributed by atoms with Gasteiger partial charge >= 0.3 is 37.7 Å². The molecular formula is C8H8CaO5. The van der Waals surface area contributed by atoms with Crippen LogP contribution in [0.2, 0.25) is 0 Å². The van der Waals surface area contributed by atoms with Crippen molar-refractivity contribution in [2.24, 2.45) is 11.8 Å². The number of aliphatic carboxylic acids is 2. The first-order valence-electron chi connectivity index (χ1n) is 4.16. The van der Waals surface area contributed by atoms with Gasteiger partial charge in [0.2, 0.25) is 0 Å². The Hall–Kier alpha value is 0.160. The zero-order valence-corrected chi connectivity index (χ0v) is 9.68. The van der Waals surface area contributed by atoms with Crippen LogP contribution in [0, 0.1) is 11.8 Å². The molecule has 0 radical (unpaired) electrons. The molecule has 1 aliphatic carbocycles. The number of epoxide rings is 1. The predicted molar refractivity (Wildman–Crippen MR) is 40.6 cm³/mol. The molecular weight excluding hydrogens is 216 g/mol. The summed E-state index contributed by atoms with van der Waals surface area (Å²) in [4.78, 5) is 21.2. The predicted octanol–water partition coefficient (Wildman–Crippen LogP) is -3.10. The molecule has 2 aliphatic rings. The van der Waals surface area contributed by atoms with Crippen LogP contribution in [0.1, 0.15) is 12.8 Å². The Morgan fingerprint density at radius 1 is 1.00 bits per heavy atom. The molecule has 0 aromatic rings. The van der Waals surface area contributed by atoms with Crippen molar-refractivity contribution in [3.05, 3.63) is 0 Å². The van der Waals surface area contributed by atoms with Crippen molar-refractivity contribution >= 4 is 49.7 Å². The first kappa shape index (κ1) is 12.2. The minimum atomic E-state index is -1.32. The summed E-state index contributed by atoms with van der Waals surface area (Å²) in [6.45, 7) is 0. The SMILES string of the molecule is O=C([O-])C1CC2OC2CC1C(=O)[O-].[Ca+2]. The van der Waals surface area contributed by atoms with Crippen molar-refractivity contribution in [1.82, 2.24) is 0 Å². The minimum Gasteiger partial charge on any atom is -0.550 e. The number of rotatable bonds is 2. The third-order valence-electron chi connectivity index (χ3n) is 2.75. The second-order valence-corrected chi connectivity index (χ2v) is 3.54. The van der Waals surface area contributed by atoms with Gasteiger partial charge in [0.05, 0.1) is 12.2 Å². The summed E-state index contributed by atoms with van der Waals surface area (Å²) in [6, 6.07) is 0. The van der Waals surface area contributed by atoms with Crippen LogP contribution in [0.5, 0.6) is 0 Å². The van der Waals surface area contributed by atoms with Gasteiger partial charge in [0.25, 0.3) is 0 Å². The number of ether oxygens (including phenoxy) is 1. The minimum absolute atomic E-state index is 0. The van der Waals surface area contributed by atoms with Gasteiger partial charge in [-0.2, -0.15) is 0 Å². The molecule has 4 unspecified atom stereocenters. The van der Waals surface area contributed by atoms with E-state index < -0.39 is 23.8 Å². The van der Waals surface area contributed by atoms with Gasteiger partial charge in [0.1, 0.15) is 0 Å². The number of carboxylic acids is 2. The second kappa shape index (κ2) is 4.35. The number of carbonyl (C=O) groups excluding carboxylic acids is 2. The maximum absolute atomic E-state index is 10.6. The van der Waals surface area contributed by atoms with Crippen LogP contribution in [-0.2, 0) is 14.3 Å². The van der Waals surface area contributed by atoms with Gasteiger partial charge < -0.3 is 24.5 Å². The molecule has 1 heterocycles. The largest absolute Gasteiger partial charge is 2.00 e. The normalized spacial score (nSPS) is 39.1. The number of fused-ring (bicyclic) bond motifs is 1. The van der Waals surface area contributed by atoms with Crippen LogP contribution in [0.4, 0.5) is 0 Å². The molecule has 2 fully saturated rings. The molecule has 0 N–H and O–H groups in total. The summed E-state index contributed by atoms with van der Waals surface area (Å²) in [5, 5.41) is 21.2. The fourth-order valence-electron chi connectivity index (χ4n) is 1.94. The van der Waals surface area contributed by atoms with Crippen molar-refractivity contribution in [1.29, 1.82) is 0 Å². The van der Waals surface area contributed by atoms with Crippen molar-refractivity contribution in [2.75, 3.05) is 0 Å². The third-order valence-corrected chi connectivity index (χ3v) is 2.75.